The number of hydrogen-bond acceptors (Lipinski definition) is 3. The lowest BCUT2D eigenvalue weighted by molar-refractivity contribution is -0.143. The van der Waals surface area contributed by atoms with Crippen molar-refractivity contribution in [3.05, 3.63) is 35.9 Å². The van der Waals surface area contributed by atoms with Gasteiger partial charge in [-0.3, -0.25) is 9.59 Å². The molecule has 1 amide bonds. The Morgan fingerprint density at radius 2 is 1.88 bits per heavy atom. The summed E-state index contributed by atoms with van der Waals surface area (Å²) in [5.74, 6) is -1.88. The number of nitrogens with one attached hydrogen (secondary N) is 1. The van der Waals surface area contributed by atoms with E-state index >= 15 is 0 Å². The van der Waals surface area contributed by atoms with Gasteiger partial charge in [-0.15, -0.1) is 0 Å². The monoisotopic (exact) mass is 223 g/mol. The second-order valence-corrected chi connectivity index (χ2v) is 3.32. The van der Waals surface area contributed by atoms with Crippen LogP contribution in [0.15, 0.2) is 30.3 Å². The van der Waals surface area contributed by atoms with E-state index in [2.05, 4.69) is 5.32 Å². The normalized spacial score (nSPS) is 11.8. The van der Waals surface area contributed by atoms with E-state index in [4.69, 9.17) is 5.11 Å². The molecule has 0 aromatic heterocycles. The molecule has 0 bridgehead atoms. The molecule has 0 radical (unpaired) electrons. The maximum Gasteiger partial charge on any atom is 0.306 e. The quantitative estimate of drug-likeness (QED) is 0.662. The summed E-state index contributed by atoms with van der Waals surface area (Å²) < 4.78 is 0. The van der Waals surface area contributed by atoms with Gasteiger partial charge >= 0.3 is 5.97 Å². The number of carbonyl (C=O) groups is 2. The van der Waals surface area contributed by atoms with E-state index in [1.165, 1.54) is 0 Å². The SMILES string of the molecule is O=C(O)C[C@H](O)C(=O)NCc1ccccc1. The van der Waals surface area contributed by atoms with Crippen molar-refractivity contribution in [1.29, 1.82) is 0 Å². The van der Waals surface area contributed by atoms with Gasteiger partial charge in [-0.05, 0) is 5.56 Å². The van der Waals surface area contributed by atoms with Crippen LogP contribution in [0.3, 0.4) is 0 Å². The molecule has 3 N–H and O–H groups in total. The summed E-state index contributed by atoms with van der Waals surface area (Å²) in [6.07, 6.45) is -2.08. The number of rotatable bonds is 5. The molecule has 0 unspecified atom stereocenters. The fourth-order valence-electron chi connectivity index (χ4n) is 1.16. The highest BCUT2D eigenvalue weighted by Crippen LogP contribution is 1.98. The number of aliphatic hydroxyl groups excluding tert-OH is 1. The van der Waals surface area contributed by atoms with Crippen LogP contribution in [-0.4, -0.2) is 28.2 Å². The summed E-state index contributed by atoms with van der Waals surface area (Å²) in [7, 11) is 0. The number of hydrogen-bond donors (Lipinski definition) is 3. The van der Waals surface area contributed by atoms with Crippen molar-refractivity contribution in [1.82, 2.24) is 5.32 Å². The van der Waals surface area contributed by atoms with Crippen molar-refractivity contribution in [2.75, 3.05) is 0 Å². The third-order valence-corrected chi connectivity index (χ3v) is 1.98. The standard InChI is InChI=1S/C11H13NO4/c13-9(6-10(14)15)11(16)12-7-8-4-2-1-3-5-8/h1-5,9,13H,6-7H2,(H,12,16)(H,14,15)/t9-/m0/s1. The fourth-order valence-corrected chi connectivity index (χ4v) is 1.16. The molecule has 0 aliphatic rings. The largest absolute Gasteiger partial charge is 0.481 e. The van der Waals surface area contributed by atoms with Crippen LogP contribution in [-0.2, 0) is 16.1 Å². The highest BCUT2D eigenvalue weighted by molar-refractivity contribution is 5.84. The number of carboxylic acid groups (broad SMARTS) is 1. The highest BCUT2D eigenvalue weighted by Gasteiger charge is 2.17. The summed E-state index contributed by atoms with van der Waals surface area (Å²) in [4.78, 5) is 21.5. The third kappa shape index (κ3) is 4.10. The molecule has 1 aromatic rings. The van der Waals surface area contributed by atoms with Gasteiger partial charge < -0.3 is 15.5 Å². The number of aliphatic hydroxyl groups is 1. The number of benzene rings is 1. The predicted molar refractivity (Wildman–Crippen MR) is 56.5 cm³/mol. The fraction of sp³-hybridized carbons (Fsp3) is 0.273. The van der Waals surface area contributed by atoms with Crippen LogP contribution in [0.5, 0.6) is 0 Å². The molecule has 1 atom stereocenters. The van der Waals surface area contributed by atoms with Crippen LogP contribution in [0, 0.1) is 0 Å². The first-order valence-electron chi connectivity index (χ1n) is 4.81. The first-order chi connectivity index (χ1) is 7.59. The molecule has 0 aliphatic heterocycles. The molecule has 86 valence electrons. The molecule has 5 heteroatoms. The number of carboxylic acids is 1. The number of aliphatic carboxylic acids is 1. The van der Waals surface area contributed by atoms with Crippen LogP contribution in [0.2, 0.25) is 0 Å². The van der Waals surface area contributed by atoms with E-state index in [1.807, 2.05) is 30.3 Å². The van der Waals surface area contributed by atoms with Crippen molar-refractivity contribution >= 4 is 11.9 Å². The minimum atomic E-state index is -1.50. The van der Waals surface area contributed by atoms with Gasteiger partial charge in [0, 0.05) is 6.54 Å². The van der Waals surface area contributed by atoms with Gasteiger partial charge in [0.2, 0.25) is 5.91 Å². The molecule has 1 aromatic carbocycles. The van der Waals surface area contributed by atoms with Crippen molar-refractivity contribution in [3.63, 3.8) is 0 Å². The zero-order valence-corrected chi connectivity index (χ0v) is 8.59. The van der Waals surface area contributed by atoms with Crippen molar-refractivity contribution < 1.29 is 19.8 Å². The lowest BCUT2D eigenvalue weighted by atomic mass is 10.2. The number of carbonyl (C=O) groups excluding carboxylic acids is 1. The van der Waals surface area contributed by atoms with E-state index in [1.54, 1.807) is 0 Å². The average Bonchev–Trinajstić information content (AvgIpc) is 2.26. The second-order valence-electron chi connectivity index (χ2n) is 3.32. The maximum absolute atomic E-state index is 11.2. The summed E-state index contributed by atoms with van der Waals surface area (Å²) >= 11 is 0. The van der Waals surface area contributed by atoms with E-state index < -0.39 is 24.4 Å². The van der Waals surface area contributed by atoms with Gasteiger partial charge in [0.15, 0.2) is 0 Å². The Balaban J connectivity index is 2.38. The highest BCUT2D eigenvalue weighted by atomic mass is 16.4. The zero-order chi connectivity index (χ0) is 12.0. The van der Waals surface area contributed by atoms with E-state index in [0.29, 0.717) is 0 Å². The van der Waals surface area contributed by atoms with Crippen molar-refractivity contribution in [3.8, 4) is 0 Å². The summed E-state index contributed by atoms with van der Waals surface area (Å²) in [5.41, 5.74) is 0.887. The summed E-state index contributed by atoms with van der Waals surface area (Å²) in [6.45, 7) is 0.274. The molecule has 0 heterocycles. The Kier molecular flexibility index (Phi) is 4.47. The van der Waals surface area contributed by atoms with Gasteiger partial charge in [-0.25, -0.2) is 0 Å². The van der Waals surface area contributed by atoms with Gasteiger partial charge in [-0.1, -0.05) is 30.3 Å². The van der Waals surface area contributed by atoms with Crippen molar-refractivity contribution in [2.24, 2.45) is 0 Å². The Labute approximate surface area is 92.7 Å². The van der Waals surface area contributed by atoms with Gasteiger partial charge in [0.05, 0.1) is 6.42 Å². The third-order valence-electron chi connectivity index (χ3n) is 1.98. The Morgan fingerprint density at radius 3 is 2.44 bits per heavy atom. The van der Waals surface area contributed by atoms with Crippen molar-refractivity contribution in [2.45, 2.75) is 19.1 Å². The molecule has 0 saturated heterocycles. The van der Waals surface area contributed by atoms with Gasteiger partial charge in [0.25, 0.3) is 0 Å². The molecular weight excluding hydrogens is 210 g/mol. The summed E-state index contributed by atoms with van der Waals surface area (Å²) in [5, 5.41) is 20.0. The molecule has 0 saturated carbocycles. The Bertz CT molecular complexity index is 364. The second kappa shape index (κ2) is 5.87. The van der Waals surface area contributed by atoms with E-state index in [9.17, 15) is 14.7 Å². The van der Waals surface area contributed by atoms with Gasteiger partial charge in [-0.2, -0.15) is 0 Å². The number of amides is 1. The van der Waals surface area contributed by atoms with E-state index in [0.717, 1.165) is 5.56 Å². The first-order valence-corrected chi connectivity index (χ1v) is 4.81. The lowest BCUT2D eigenvalue weighted by Gasteiger charge is -2.09. The smallest absolute Gasteiger partial charge is 0.306 e. The molecule has 0 aliphatic carbocycles. The van der Waals surface area contributed by atoms with Crippen LogP contribution in [0.4, 0.5) is 0 Å². The minimum absolute atomic E-state index is 0.274. The van der Waals surface area contributed by atoms with Crippen LogP contribution in [0.25, 0.3) is 0 Å². The molecule has 16 heavy (non-hydrogen) atoms. The Hall–Kier alpha value is -1.88. The Morgan fingerprint density at radius 1 is 1.25 bits per heavy atom. The van der Waals surface area contributed by atoms with Crippen LogP contribution >= 0.6 is 0 Å². The first kappa shape index (κ1) is 12.2. The van der Waals surface area contributed by atoms with Crippen LogP contribution in [0.1, 0.15) is 12.0 Å². The summed E-state index contributed by atoms with van der Waals surface area (Å²) in [6, 6.07) is 9.16. The lowest BCUT2D eigenvalue weighted by Crippen LogP contribution is -2.35. The topological polar surface area (TPSA) is 86.6 Å². The average molecular weight is 223 g/mol. The maximum atomic E-state index is 11.2. The molecule has 5 nitrogen and oxygen atoms in total. The minimum Gasteiger partial charge on any atom is -0.481 e. The van der Waals surface area contributed by atoms with Crippen LogP contribution < -0.4 is 5.32 Å². The van der Waals surface area contributed by atoms with E-state index in [-0.39, 0.29) is 6.54 Å². The zero-order valence-electron chi connectivity index (χ0n) is 8.59. The molecular formula is C11H13NO4. The van der Waals surface area contributed by atoms with Gasteiger partial charge in [0.1, 0.15) is 6.10 Å². The molecule has 0 fully saturated rings. The molecule has 1 rings (SSSR count). The molecule has 0 spiro atoms. The predicted octanol–water partition coefficient (Wildman–Crippen LogP) is 0.138.